The second kappa shape index (κ2) is 9.34. The van der Waals surface area contributed by atoms with E-state index in [1.165, 1.54) is 0 Å². The van der Waals surface area contributed by atoms with Crippen molar-refractivity contribution in [3.63, 3.8) is 0 Å². The standard InChI is InChI=1S/C14H21ClO4S/c1-2-8-18-9-10-19-11-14(12-20(15,16)17)13-6-4-3-5-7-13/h3-7,14H,2,8-12H2,1H3. The molecule has 0 N–H and O–H groups in total. The van der Waals surface area contributed by atoms with E-state index in [1.54, 1.807) is 0 Å². The van der Waals surface area contributed by atoms with E-state index in [2.05, 4.69) is 0 Å². The molecule has 0 bridgehead atoms. The van der Waals surface area contributed by atoms with Crippen LogP contribution in [0.1, 0.15) is 24.8 Å². The van der Waals surface area contributed by atoms with Gasteiger partial charge in [0.1, 0.15) is 0 Å². The van der Waals surface area contributed by atoms with Crippen LogP contribution in [0.4, 0.5) is 0 Å². The maximum atomic E-state index is 11.3. The van der Waals surface area contributed by atoms with E-state index in [0.29, 0.717) is 26.4 Å². The monoisotopic (exact) mass is 320 g/mol. The van der Waals surface area contributed by atoms with Crippen LogP contribution in [-0.2, 0) is 18.5 Å². The smallest absolute Gasteiger partial charge is 0.233 e. The Morgan fingerprint density at radius 2 is 1.75 bits per heavy atom. The summed E-state index contributed by atoms with van der Waals surface area (Å²) in [5.41, 5.74) is 0.909. The largest absolute Gasteiger partial charge is 0.379 e. The molecule has 114 valence electrons. The summed E-state index contributed by atoms with van der Waals surface area (Å²) in [7, 11) is 1.79. The molecule has 6 heteroatoms. The highest BCUT2D eigenvalue weighted by molar-refractivity contribution is 8.13. The third-order valence-electron chi connectivity index (χ3n) is 2.71. The van der Waals surface area contributed by atoms with Crippen molar-refractivity contribution in [2.45, 2.75) is 19.3 Å². The number of rotatable bonds is 10. The van der Waals surface area contributed by atoms with Gasteiger partial charge in [0.15, 0.2) is 0 Å². The molecule has 1 aromatic carbocycles. The predicted octanol–water partition coefficient (Wildman–Crippen LogP) is 2.78. The average molecular weight is 321 g/mol. The quantitative estimate of drug-likeness (QED) is 0.491. The first-order valence-electron chi connectivity index (χ1n) is 6.65. The maximum Gasteiger partial charge on any atom is 0.233 e. The first kappa shape index (κ1) is 17.4. The molecule has 0 aromatic heterocycles. The molecular weight excluding hydrogens is 300 g/mol. The number of hydrogen-bond donors (Lipinski definition) is 0. The van der Waals surface area contributed by atoms with Crippen LogP contribution in [0.2, 0.25) is 0 Å². The molecule has 0 radical (unpaired) electrons. The van der Waals surface area contributed by atoms with Gasteiger partial charge in [-0.25, -0.2) is 8.42 Å². The van der Waals surface area contributed by atoms with Gasteiger partial charge in [0.2, 0.25) is 9.05 Å². The van der Waals surface area contributed by atoms with Crippen molar-refractivity contribution in [2.75, 3.05) is 32.2 Å². The van der Waals surface area contributed by atoms with Gasteiger partial charge in [0, 0.05) is 23.2 Å². The lowest BCUT2D eigenvalue weighted by atomic mass is 10.0. The lowest BCUT2D eigenvalue weighted by Crippen LogP contribution is -2.18. The topological polar surface area (TPSA) is 52.6 Å². The highest BCUT2D eigenvalue weighted by Crippen LogP contribution is 2.19. The zero-order valence-corrected chi connectivity index (χ0v) is 13.2. The number of ether oxygens (including phenoxy) is 2. The summed E-state index contributed by atoms with van der Waals surface area (Å²) in [4.78, 5) is 0. The SMILES string of the molecule is CCCOCCOCC(CS(=O)(=O)Cl)c1ccccc1. The Bertz CT molecular complexity index is 461. The first-order valence-corrected chi connectivity index (χ1v) is 9.13. The van der Waals surface area contributed by atoms with Crippen LogP contribution in [0.3, 0.4) is 0 Å². The van der Waals surface area contributed by atoms with Gasteiger partial charge in [-0.15, -0.1) is 0 Å². The predicted molar refractivity (Wildman–Crippen MR) is 80.8 cm³/mol. The molecule has 1 unspecified atom stereocenters. The van der Waals surface area contributed by atoms with Crippen LogP contribution in [0, 0.1) is 0 Å². The van der Waals surface area contributed by atoms with Gasteiger partial charge in [-0.2, -0.15) is 0 Å². The van der Waals surface area contributed by atoms with Crippen molar-refractivity contribution in [2.24, 2.45) is 0 Å². The van der Waals surface area contributed by atoms with Crippen molar-refractivity contribution in [3.8, 4) is 0 Å². The van der Waals surface area contributed by atoms with Gasteiger partial charge in [0.25, 0.3) is 0 Å². The Morgan fingerprint density at radius 1 is 1.10 bits per heavy atom. The van der Waals surface area contributed by atoms with Crippen LogP contribution in [-0.4, -0.2) is 40.6 Å². The van der Waals surface area contributed by atoms with Crippen molar-refractivity contribution >= 4 is 19.7 Å². The molecule has 0 aliphatic carbocycles. The molecule has 0 fully saturated rings. The Kier molecular flexibility index (Phi) is 8.14. The van der Waals surface area contributed by atoms with Gasteiger partial charge < -0.3 is 9.47 Å². The summed E-state index contributed by atoms with van der Waals surface area (Å²) in [6.07, 6.45) is 0.969. The molecule has 1 atom stereocenters. The summed E-state index contributed by atoms with van der Waals surface area (Å²) >= 11 is 0. The average Bonchev–Trinajstić information content (AvgIpc) is 2.41. The minimum Gasteiger partial charge on any atom is -0.379 e. The molecule has 0 spiro atoms. The molecule has 1 rings (SSSR count). The highest BCUT2D eigenvalue weighted by Gasteiger charge is 2.19. The normalized spacial score (nSPS) is 13.3. The van der Waals surface area contributed by atoms with E-state index in [1.807, 2.05) is 37.3 Å². The van der Waals surface area contributed by atoms with Crippen LogP contribution < -0.4 is 0 Å². The summed E-state index contributed by atoms with van der Waals surface area (Å²) in [6.45, 7) is 4.03. The third-order valence-corrected chi connectivity index (χ3v) is 3.89. The molecule has 4 nitrogen and oxygen atoms in total. The van der Waals surface area contributed by atoms with Gasteiger partial charge >= 0.3 is 0 Å². The van der Waals surface area contributed by atoms with Crippen molar-refractivity contribution in [1.82, 2.24) is 0 Å². The maximum absolute atomic E-state index is 11.3. The fraction of sp³-hybridized carbons (Fsp3) is 0.571. The van der Waals surface area contributed by atoms with Crippen LogP contribution in [0.25, 0.3) is 0 Å². The Balaban J connectivity index is 2.48. The Morgan fingerprint density at radius 3 is 2.35 bits per heavy atom. The fourth-order valence-electron chi connectivity index (χ4n) is 1.80. The molecule has 0 saturated carbocycles. The summed E-state index contributed by atoms with van der Waals surface area (Å²) in [5.74, 6) is -0.390. The second-order valence-corrected chi connectivity index (χ2v) is 7.32. The zero-order valence-electron chi connectivity index (χ0n) is 11.6. The lowest BCUT2D eigenvalue weighted by Gasteiger charge is -2.16. The molecule has 0 aliphatic rings. The molecule has 0 heterocycles. The highest BCUT2D eigenvalue weighted by atomic mass is 35.7. The fourth-order valence-corrected chi connectivity index (χ4v) is 3.02. The summed E-state index contributed by atoms with van der Waals surface area (Å²) < 4.78 is 33.3. The van der Waals surface area contributed by atoms with Crippen LogP contribution in [0.15, 0.2) is 30.3 Å². The minimum absolute atomic E-state index is 0.131. The summed E-state index contributed by atoms with van der Waals surface area (Å²) in [5, 5.41) is 0. The van der Waals surface area contributed by atoms with Gasteiger partial charge in [-0.05, 0) is 12.0 Å². The molecule has 0 amide bonds. The second-order valence-electron chi connectivity index (χ2n) is 4.50. The molecule has 1 aromatic rings. The van der Waals surface area contributed by atoms with Crippen molar-refractivity contribution in [3.05, 3.63) is 35.9 Å². The van der Waals surface area contributed by atoms with Crippen LogP contribution in [0.5, 0.6) is 0 Å². The first-order chi connectivity index (χ1) is 9.53. The van der Waals surface area contributed by atoms with Gasteiger partial charge in [-0.1, -0.05) is 37.3 Å². The minimum atomic E-state index is -3.56. The molecular formula is C14H21ClO4S. The van der Waals surface area contributed by atoms with E-state index in [9.17, 15) is 8.42 Å². The van der Waals surface area contributed by atoms with Crippen LogP contribution >= 0.6 is 10.7 Å². The lowest BCUT2D eigenvalue weighted by molar-refractivity contribution is 0.0440. The van der Waals surface area contributed by atoms with E-state index in [4.69, 9.17) is 20.2 Å². The van der Waals surface area contributed by atoms with Crippen molar-refractivity contribution < 1.29 is 17.9 Å². The molecule has 20 heavy (non-hydrogen) atoms. The molecule has 0 aliphatic heterocycles. The Labute approximate surface area is 125 Å². The van der Waals surface area contributed by atoms with E-state index >= 15 is 0 Å². The van der Waals surface area contributed by atoms with Crippen molar-refractivity contribution in [1.29, 1.82) is 0 Å². The van der Waals surface area contributed by atoms with E-state index < -0.39 is 9.05 Å². The Hall–Kier alpha value is -0.620. The number of hydrogen-bond acceptors (Lipinski definition) is 4. The van der Waals surface area contributed by atoms with E-state index in [0.717, 1.165) is 12.0 Å². The zero-order chi connectivity index (χ0) is 14.8. The van der Waals surface area contributed by atoms with E-state index in [-0.39, 0.29) is 11.7 Å². The molecule has 0 saturated heterocycles. The summed E-state index contributed by atoms with van der Waals surface area (Å²) in [6, 6.07) is 9.38. The number of benzene rings is 1. The number of halogens is 1. The van der Waals surface area contributed by atoms with Gasteiger partial charge in [-0.3, -0.25) is 0 Å². The third kappa shape index (κ3) is 7.85. The van der Waals surface area contributed by atoms with Gasteiger partial charge in [0.05, 0.1) is 25.6 Å².